The number of anilines is 1. The fraction of sp³-hybridized carbons (Fsp3) is 0.0526. The van der Waals surface area contributed by atoms with E-state index in [0.29, 0.717) is 21.4 Å². The second kappa shape index (κ2) is 7.38. The summed E-state index contributed by atoms with van der Waals surface area (Å²) in [4.78, 5) is 4.88. The van der Waals surface area contributed by atoms with Crippen molar-refractivity contribution in [3.8, 4) is 22.2 Å². The lowest BCUT2D eigenvalue weighted by molar-refractivity contribution is 0.432. The molecule has 0 atom stereocenters. The molecule has 4 rings (SSSR count). The van der Waals surface area contributed by atoms with E-state index in [1.807, 2.05) is 6.07 Å². The van der Waals surface area contributed by atoms with Crippen molar-refractivity contribution in [1.82, 2.24) is 10.1 Å². The van der Waals surface area contributed by atoms with Crippen LogP contribution >= 0.6 is 22.9 Å². The highest BCUT2D eigenvalue weighted by atomic mass is 35.5. The highest BCUT2D eigenvalue weighted by molar-refractivity contribution is 7.93. The molecule has 28 heavy (non-hydrogen) atoms. The molecule has 0 bridgehead atoms. The lowest BCUT2D eigenvalue weighted by Gasteiger charge is -2.19. The first-order chi connectivity index (χ1) is 13.5. The molecule has 142 valence electrons. The molecule has 0 radical (unpaired) electrons. The quantitative estimate of drug-likeness (QED) is 0.447. The Morgan fingerprint density at radius 2 is 1.75 bits per heavy atom. The second-order valence-corrected chi connectivity index (χ2v) is 9.14. The van der Waals surface area contributed by atoms with Gasteiger partial charge in [0.25, 0.3) is 15.9 Å². The number of thiophene rings is 1. The van der Waals surface area contributed by atoms with Crippen LogP contribution in [-0.4, -0.2) is 25.6 Å². The van der Waals surface area contributed by atoms with Gasteiger partial charge in [0, 0.05) is 17.6 Å². The Bertz CT molecular complexity index is 1200. The summed E-state index contributed by atoms with van der Waals surface area (Å²) in [6.07, 6.45) is 0. The molecule has 0 N–H and O–H groups in total. The molecule has 0 fully saturated rings. The van der Waals surface area contributed by atoms with Crippen LogP contribution in [0.15, 0.2) is 75.5 Å². The number of para-hydroxylation sites is 1. The lowest BCUT2D eigenvalue weighted by Crippen LogP contribution is -2.26. The minimum absolute atomic E-state index is 0.121. The number of aromatic nitrogens is 2. The molecule has 0 saturated carbocycles. The zero-order valence-corrected chi connectivity index (χ0v) is 17.0. The van der Waals surface area contributed by atoms with E-state index in [9.17, 15) is 8.42 Å². The Balaban J connectivity index is 1.71. The van der Waals surface area contributed by atoms with Gasteiger partial charge in [-0.2, -0.15) is 4.98 Å². The van der Waals surface area contributed by atoms with Gasteiger partial charge < -0.3 is 4.52 Å². The molecule has 4 aromatic rings. The summed E-state index contributed by atoms with van der Waals surface area (Å²) in [5.74, 6) is 0.514. The number of benzene rings is 2. The van der Waals surface area contributed by atoms with Gasteiger partial charge in [0.05, 0.1) is 5.69 Å². The first-order valence-electron chi connectivity index (χ1n) is 8.18. The number of rotatable bonds is 5. The second-order valence-electron chi connectivity index (χ2n) is 5.85. The van der Waals surface area contributed by atoms with Gasteiger partial charge in [-0.1, -0.05) is 35.0 Å². The Morgan fingerprint density at radius 1 is 1.04 bits per heavy atom. The zero-order chi connectivity index (χ0) is 19.7. The molecule has 6 nitrogen and oxygen atoms in total. The third-order valence-electron chi connectivity index (χ3n) is 4.11. The number of halogens is 1. The molecule has 0 saturated heterocycles. The lowest BCUT2D eigenvalue weighted by atomic mass is 10.2. The van der Waals surface area contributed by atoms with Gasteiger partial charge in [-0.3, -0.25) is 4.31 Å². The van der Waals surface area contributed by atoms with Crippen molar-refractivity contribution in [2.24, 2.45) is 0 Å². The van der Waals surface area contributed by atoms with Crippen LogP contribution in [0.2, 0.25) is 5.02 Å². The van der Waals surface area contributed by atoms with Crippen molar-refractivity contribution >= 4 is 38.6 Å². The molecule has 2 heterocycles. The maximum atomic E-state index is 13.1. The van der Waals surface area contributed by atoms with E-state index < -0.39 is 10.0 Å². The summed E-state index contributed by atoms with van der Waals surface area (Å²) in [6.45, 7) is 0. The van der Waals surface area contributed by atoms with Gasteiger partial charge in [-0.05, 0) is 47.8 Å². The Kier molecular flexibility index (Phi) is 4.92. The van der Waals surface area contributed by atoms with Crippen LogP contribution in [0.3, 0.4) is 0 Å². The van der Waals surface area contributed by atoms with Crippen LogP contribution in [0.4, 0.5) is 5.69 Å². The average molecular weight is 432 g/mol. The van der Waals surface area contributed by atoms with Crippen molar-refractivity contribution in [1.29, 1.82) is 0 Å². The van der Waals surface area contributed by atoms with Gasteiger partial charge in [0.2, 0.25) is 5.82 Å². The maximum absolute atomic E-state index is 13.1. The summed E-state index contributed by atoms with van der Waals surface area (Å²) < 4.78 is 32.8. The summed E-state index contributed by atoms with van der Waals surface area (Å²) in [5, 5.41) is 6.26. The van der Waals surface area contributed by atoms with Crippen LogP contribution in [-0.2, 0) is 10.0 Å². The molecular formula is C19H14ClN3O3S2. The van der Waals surface area contributed by atoms with Gasteiger partial charge in [0.15, 0.2) is 0 Å². The van der Waals surface area contributed by atoms with Crippen LogP contribution in [0.5, 0.6) is 0 Å². The molecule has 0 amide bonds. The zero-order valence-electron chi connectivity index (χ0n) is 14.6. The van der Waals surface area contributed by atoms with Crippen LogP contribution < -0.4 is 4.31 Å². The Morgan fingerprint density at radius 3 is 2.46 bits per heavy atom. The van der Waals surface area contributed by atoms with Crippen molar-refractivity contribution in [3.05, 3.63) is 71.1 Å². The van der Waals surface area contributed by atoms with E-state index in [0.717, 1.165) is 5.56 Å². The minimum atomic E-state index is -3.79. The third kappa shape index (κ3) is 3.42. The van der Waals surface area contributed by atoms with E-state index in [-0.39, 0.29) is 10.8 Å². The van der Waals surface area contributed by atoms with E-state index in [1.54, 1.807) is 60.0 Å². The highest BCUT2D eigenvalue weighted by Crippen LogP contribution is 2.35. The SMILES string of the molecule is CN(c1ccccc1)S(=O)(=O)c1ccsc1-c1nc(-c2ccc(Cl)cc2)no1. The minimum Gasteiger partial charge on any atom is -0.333 e. The molecular weight excluding hydrogens is 418 g/mol. The first kappa shape index (κ1) is 18.7. The summed E-state index contributed by atoms with van der Waals surface area (Å²) >= 11 is 7.13. The monoisotopic (exact) mass is 431 g/mol. The van der Waals surface area contributed by atoms with E-state index in [4.69, 9.17) is 16.1 Å². The van der Waals surface area contributed by atoms with E-state index >= 15 is 0 Å². The van der Waals surface area contributed by atoms with Crippen molar-refractivity contribution < 1.29 is 12.9 Å². The Hall–Kier alpha value is -2.68. The average Bonchev–Trinajstić information content (AvgIpc) is 3.38. The normalized spacial score (nSPS) is 11.5. The summed E-state index contributed by atoms with van der Waals surface area (Å²) in [7, 11) is -2.28. The van der Waals surface area contributed by atoms with Gasteiger partial charge in [-0.25, -0.2) is 8.42 Å². The highest BCUT2D eigenvalue weighted by Gasteiger charge is 2.28. The van der Waals surface area contributed by atoms with Crippen molar-refractivity contribution in [2.75, 3.05) is 11.4 Å². The number of sulfonamides is 1. The molecule has 0 aliphatic carbocycles. The van der Waals surface area contributed by atoms with E-state index in [1.165, 1.54) is 22.7 Å². The van der Waals surface area contributed by atoms with Gasteiger partial charge >= 0.3 is 0 Å². The summed E-state index contributed by atoms with van der Waals surface area (Å²) in [6, 6.07) is 17.4. The fourth-order valence-electron chi connectivity index (χ4n) is 2.61. The van der Waals surface area contributed by atoms with Gasteiger partial charge in [0.1, 0.15) is 9.77 Å². The van der Waals surface area contributed by atoms with Crippen molar-refractivity contribution in [2.45, 2.75) is 4.90 Å². The molecule has 2 aromatic heterocycles. The number of hydrogen-bond donors (Lipinski definition) is 0. The standard InChI is InChI=1S/C19H14ClN3O3S2/c1-23(15-5-3-2-4-6-15)28(24,25)16-11-12-27-17(16)19-21-18(22-26-19)13-7-9-14(20)10-8-13/h2-12H,1H3. The largest absolute Gasteiger partial charge is 0.333 e. The predicted octanol–water partition coefficient (Wildman–Crippen LogP) is 4.94. The number of hydrogen-bond acceptors (Lipinski definition) is 6. The van der Waals surface area contributed by atoms with Crippen LogP contribution in [0, 0.1) is 0 Å². The van der Waals surface area contributed by atoms with Crippen molar-refractivity contribution in [3.63, 3.8) is 0 Å². The van der Waals surface area contributed by atoms with E-state index in [2.05, 4.69) is 10.1 Å². The molecule has 0 aliphatic heterocycles. The maximum Gasteiger partial charge on any atom is 0.269 e. The topological polar surface area (TPSA) is 76.3 Å². The smallest absolute Gasteiger partial charge is 0.269 e. The molecule has 0 unspecified atom stereocenters. The third-order valence-corrected chi connectivity index (χ3v) is 7.22. The molecule has 9 heteroatoms. The number of nitrogens with zero attached hydrogens (tertiary/aromatic N) is 3. The molecule has 0 aliphatic rings. The van der Waals surface area contributed by atoms with Gasteiger partial charge in [-0.15, -0.1) is 11.3 Å². The Labute approximate surface area is 171 Å². The molecule has 2 aromatic carbocycles. The summed E-state index contributed by atoms with van der Waals surface area (Å²) in [5.41, 5.74) is 1.29. The fourth-order valence-corrected chi connectivity index (χ4v) is 5.25. The van der Waals surface area contributed by atoms with Crippen LogP contribution in [0.25, 0.3) is 22.2 Å². The molecule has 0 spiro atoms. The predicted molar refractivity (Wildman–Crippen MR) is 110 cm³/mol. The van der Waals surface area contributed by atoms with Crippen LogP contribution in [0.1, 0.15) is 0 Å². The first-order valence-corrected chi connectivity index (χ1v) is 10.9.